The molecule has 132 valence electrons. The first-order valence-electron chi connectivity index (χ1n) is 8.38. The third-order valence-electron chi connectivity index (χ3n) is 4.23. The van der Waals surface area contributed by atoms with Crippen LogP contribution >= 0.6 is 11.6 Å². The van der Waals surface area contributed by atoms with Gasteiger partial charge in [-0.1, -0.05) is 66.2 Å². The Hall–Kier alpha value is -3.37. The van der Waals surface area contributed by atoms with Crippen molar-refractivity contribution < 1.29 is 5.11 Å². The number of rotatable bonds is 3. The molecule has 0 amide bonds. The SMILES string of the molecule is O=c1c2ccccc2nc(/C=C(/O)c2ccccc2)n1-c1ccccc1Cl. The fourth-order valence-electron chi connectivity index (χ4n) is 2.93. The molecule has 4 nitrogen and oxygen atoms in total. The van der Waals surface area contributed by atoms with Gasteiger partial charge in [-0.2, -0.15) is 0 Å². The molecule has 5 heteroatoms. The van der Waals surface area contributed by atoms with Crippen LogP contribution in [0, 0.1) is 0 Å². The Morgan fingerprint density at radius 3 is 2.37 bits per heavy atom. The highest BCUT2D eigenvalue weighted by Crippen LogP contribution is 2.23. The first-order valence-corrected chi connectivity index (χ1v) is 8.76. The van der Waals surface area contributed by atoms with E-state index in [1.807, 2.05) is 24.3 Å². The Labute approximate surface area is 160 Å². The lowest BCUT2D eigenvalue weighted by Crippen LogP contribution is -2.22. The molecule has 0 radical (unpaired) electrons. The van der Waals surface area contributed by atoms with Gasteiger partial charge in [0.05, 0.1) is 21.6 Å². The molecule has 0 saturated heterocycles. The van der Waals surface area contributed by atoms with Gasteiger partial charge >= 0.3 is 0 Å². The van der Waals surface area contributed by atoms with Crippen LogP contribution in [0.15, 0.2) is 83.7 Å². The van der Waals surface area contributed by atoms with Gasteiger partial charge < -0.3 is 5.11 Å². The molecule has 0 aliphatic rings. The Balaban J connectivity index is 2.03. The second-order valence-electron chi connectivity index (χ2n) is 5.97. The number of aliphatic hydroxyl groups excluding tert-OH is 1. The van der Waals surface area contributed by atoms with Gasteiger partial charge in [-0.25, -0.2) is 4.98 Å². The molecule has 27 heavy (non-hydrogen) atoms. The van der Waals surface area contributed by atoms with Gasteiger partial charge in [0.25, 0.3) is 5.56 Å². The van der Waals surface area contributed by atoms with Crippen LogP contribution in [0.25, 0.3) is 28.4 Å². The summed E-state index contributed by atoms with van der Waals surface area (Å²) in [7, 11) is 0. The van der Waals surface area contributed by atoms with Crippen LogP contribution in [0.5, 0.6) is 0 Å². The smallest absolute Gasteiger partial charge is 0.266 e. The molecule has 0 atom stereocenters. The van der Waals surface area contributed by atoms with Crippen molar-refractivity contribution in [3.05, 3.63) is 106 Å². The number of nitrogens with zero attached hydrogens (tertiary/aromatic N) is 2. The van der Waals surface area contributed by atoms with Crippen LogP contribution in [0.3, 0.4) is 0 Å². The summed E-state index contributed by atoms with van der Waals surface area (Å²) in [6, 6.07) is 23.2. The maximum Gasteiger partial charge on any atom is 0.266 e. The molecule has 1 heterocycles. The van der Waals surface area contributed by atoms with Crippen LogP contribution in [0.4, 0.5) is 0 Å². The predicted molar refractivity (Wildman–Crippen MR) is 109 cm³/mol. The number of hydrogen-bond donors (Lipinski definition) is 1. The zero-order valence-corrected chi connectivity index (χ0v) is 15.0. The lowest BCUT2D eigenvalue weighted by atomic mass is 10.1. The second-order valence-corrected chi connectivity index (χ2v) is 6.38. The van der Waals surface area contributed by atoms with Gasteiger partial charge in [-0.3, -0.25) is 9.36 Å². The lowest BCUT2D eigenvalue weighted by molar-refractivity contribution is 0.515. The average molecular weight is 375 g/mol. The minimum atomic E-state index is -0.249. The molecule has 0 saturated carbocycles. The van der Waals surface area contributed by atoms with Gasteiger partial charge in [0.15, 0.2) is 0 Å². The van der Waals surface area contributed by atoms with E-state index in [9.17, 15) is 9.90 Å². The molecular weight excluding hydrogens is 360 g/mol. The Morgan fingerprint density at radius 1 is 0.926 bits per heavy atom. The highest BCUT2D eigenvalue weighted by molar-refractivity contribution is 6.32. The zero-order valence-electron chi connectivity index (χ0n) is 14.2. The minimum absolute atomic E-state index is 0.0126. The van der Waals surface area contributed by atoms with E-state index in [0.717, 1.165) is 0 Å². The summed E-state index contributed by atoms with van der Waals surface area (Å²) in [6.45, 7) is 0. The van der Waals surface area contributed by atoms with E-state index in [1.165, 1.54) is 10.6 Å². The Morgan fingerprint density at radius 2 is 1.59 bits per heavy atom. The second kappa shape index (κ2) is 7.09. The summed E-state index contributed by atoms with van der Waals surface area (Å²) >= 11 is 6.34. The van der Waals surface area contributed by atoms with Crippen molar-refractivity contribution in [1.29, 1.82) is 0 Å². The van der Waals surface area contributed by atoms with Crippen molar-refractivity contribution in [1.82, 2.24) is 9.55 Å². The lowest BCUT2D eigenvalue weighted by Gasteiger charge is -2.13. The van der Waals surface area contributed by atoms with Gasteiger partial charge in [-0.15, -0.1) is 0 Å². The molecule has 0 aliphatic heterocycles. The van der Waals surface area contributed by atoms with E-state index in [2.05, 4.69) is 4.98 Å². The molecule has 0 aliphatic carbocycles. The highest BCUT2D eigenvalue weighted by atomic mass is 35.5. The molecule has 1 aromatic heterocycles. The molecule has 1 N–H and O–H groups in total. The van der Waals surface area contributed by atoms with Gasteiger partial charge in [0.2, 0.25) is 0 Å². The number of fused-ring (bicyclic) bond motifs is 1. The third kappa shape index (κ3) is 3.23. The normalized spacial score (nSPS) is 11.7. The maximum atomic E-state index is 13.2. The van der Waals surface area contributed by atoms with Crippen LogP contribution in [-0.2, 0) is 0 Å². The molecule has 3 aromatic carbocycles. The fraction of sp³-hybridized carbons (Fsp3) is 0. The van der Waals surface area contributed by atoms with E-state index in [4.69, 9.17) is 11.6 Å². The van der Waals surface area contributed by atoms with Crippen molar-refractivity contribution in [3.63, 3.8) is 0 Å². The zero-order chi connectivity index (χ0) is 18.8. The Kier molecular flexibility index (Phi) is 4.48. The van der Waals surface area contributed by atoms with Crippen molar-refractivity contribution >= 4 is 34.3 Å². The minimum Gasteiger partial charge on any atom is -0.507 e. The fourth-order valence-corrected chi connectivity index (χ4v) is 3.15. The monoisotopic (exact) mass is 374 g/mol. The van der Waals surface area contributed by atoms with E-state index in [-0.39, 0.29) is 11.3 Å². The Bertz CT molecular complexity index is 1210. The summed E-state index contributed by atoms with van der Waals surface area (Å²) in [5.74, 6) is 0.312. The van der Waals surface area contributed by atoms with E-state index in [1.54, 1.807) is 54.6 Å². The number of halogens is 1. The summed E-state index contributed by atoms with van der Waals surface area (Å²) in [5, 5.41) is 11.5. The quantitative estimate of drug-likeness (QED) is 0.508. The van der Waals surface area contributed by atoms with Gasteiger partial charge in [0, 0.05) is 11.6 Å². The van der Waals surface area contributed by atoms with Crippen LogP contribution < -0.4 is 5.56 Å². The first-order chi connectivity index (χ1) is 13.1. The molecule has 4 aromatic rings. The third-order valence-corrected chi connectivity index (χ3v) is 4.55. The molecular formula is C22H15ClN2O2. The van der Waals surface area contributed by atoms with Crippen LogP contribution in [0.1, 0.15) is 11.4 Å². The van der Waals surface area contributed by atoms with Crippen LogP contribution in [0.2, 0.25) is 5.02 Å². The maximum absolute atomic E-state index is 13.2. The topological polar surface area (TPSA) is 55.1 Å². The molecule has 0 unspecified atom stereocenters. The van der Waals surface area contributed by atoms with Crippen molar-refractivity contribution in [2.45, 2.75) is 0 Å². The highest BCUT2D eigenvalue weighted by Gasteiger charge is 2.14. The molecule has 0 bridgehead atoms. The number of benzene rings is 3. The average Bonchev–Trinajstić information content (AvgIpc) is 2.70. The molecule has 0 spiro atoms. The van der Waals surface area contributed by atoms with Crippen molar-refractivity contribution in [2.24, 2.45) is 0 Å². The summed E-state index contributed by atoms with van der Waals surface area (Å²) in [4.78, 5) is 17.8. The summed E-state index contributed by atoms with van der Waals surface area (Å²) < 4.78 is 1.42. The van der Waals surface area contributed by atoms with Gasteiger partial charge in [-0.05, 0) is 24.3 Å². The number of hydrogen-bond acceptors (Lipinski definition) is 3. The van der Waals surface area contributed by atoms with E-state index >= 15 is 0 Å². The number of aliphatic hydroxyl groups is 1. The summed E-state index contributed by atoms with van der Waals surface area (Å²) in [5.41, 5.74) is 1.44. The number of aromatic nitrogens is 2. The van der Waals surface area contributed by atoms with Crippen molar-refractivity contribution in [3.8, 4) is 5.69 Å². The first kappa shape index (κ1) is 17.1. The molecule has 0 fully saturated rings. The number of para-hydroxylation sites is 2. The molecule has 4 rings (SSSR count). The summed E-state index contributed by atoms with van der Waals surface area (Å²) in [6.07, 6.45) is 1.48. The standard InChI is InChI=1S/C22H15ClN2O2/c23-17-11-5-7-13-19(17)25-21(14-20(26)15-8-2-1-3-9-15)24-18-12-6-4-10-16(18)22(25)27/h1-14,26H/b20-14+. The largest absolute Gasteiger partial charge is 0.507 e. The van der Waals surface area contributed by atoms with E-state index in [0.29, 0.717) is 33.0 Å². The van der Waals surface area contributed by atoms with E-state index < -0.39 is 0 Å². The van der Waals surface area contributed by atoms with Crippen molar-refractivity contribution in [2.75, 3.05) is 0 Å². The van der Waals surface area contributed by atoms with Crippen LogP contribution in [-0.4, -0.2) is 14.7 Å². The van der Waals surface area contributed by atoms with Gasteiger partial charge in [0.1, 0.15) is 11.6 Å². The predicted octanol–water partition coefficient (Wildman–Crippen LogP) is 5.10.